The van der Waals surface area contributed by atoms with Gasteiger partial charge in [-0.1, -0.05) is 25.3 Å². The van der Waals surface area contributed by atoms with E-state index in [4.69, 9.17) is 23.7 Å². The highest BCUT2D eigenvalue weighted by Gasteiger charge is 2.16. The minimum Gasteiger partial charge on any atom is -0.460 e. The number of ether oxygens (including phenoxy) is 5. The van der Waals surface area contributed by atoms with E-state index in [0.29, 0.717) is 13.2 Å². The summed E-state index contributed by atoms with van der Waals surface area (Å²) >= 11 is 0. The molecule has 0 aromatic carbocycles. The number of carbonyl (C=O) groups excluding carboxylic acids is 2. The van der Waals surface area contributed by atoms with Crippen LogP contribution in [0.3, 0.4) is 0 Å². The molecule has 0 spiro atoms. The maximum atomic E-state index is 11.8. The number of rotatable bonds is 16. The van der Waals surface area contributed by atoms with E-state index in [9.17, 15) is 9.59 Å². The van der Waals surface area contributed by atoms with Crippen LogP contribution >= 0.6 is 0 Å². The maximum Gasteiger partial charge on any atom is 0.336 e. The summed E-state index contributed by atoms with van der Waals surface area (Å²) in [4.78, 5) is 23.5. The topological polar surface area (TPSA) is 80.3 Å². The van der Waals surface area contributed by atoms with Gasteiger partial charge >= 0.3 is 11.9 Å². The van der Waals surface area contributed by atoms with E-state index in [1.54, 1.807) is 26.0 Å². The van der Waals surface area contributed by atoms with Gasteiger partial charge in [0, 0.05) is 0 Å². The Balaban J connectivity index is 4.00. The molecule has 7 nitrogen and oxygen atoms in total. The van der Waals surface area contributed by atoms with Crippen LogP contribution in [0.4, 0.5) is 0 Å². The van der Waals surface area contributed by atoms with Gasteiger partial charge in [-0.15, -0.1) is 13.2 Å². The Morgan fingerprint density at radius 1 is 0.852 bits per heavy atom. The normalized spacial score (nSPS) is 12.5. The smallest absolute Gasteiger partial charge is 0.336 e. The third kappa shape index (κ3) is 12.7. The molecule has 7 heteroatoms. The van der Waals surface area contributed by atoms with Crippen molar-refractivity contribution in [3.8, 4) is 0 Å². The molecule has 0 aliphatic rings. The van der Waals surface area contributed by atoms with Crippen molar-refractivity contribution in [3.63, 3.8) is 0 Å². The predicted molar refractivity (Wildman–Crippen MR) is 102 cm³/mol. The molecule has 0 N–H and O–H groups in total. The Labute approximate surface area is 161 Å². The maximum absolute atomic E-state index is 11.8. The van der Waals surface area contributed by atoms with Crippen LogP contribution in [0.5, 0.6) is 0 Å². The van der Waals surface area contributed by atoms with Crippen LogP contribution in [-0.4, -0.2) is 63.8 Å². The minimum absolute atomic E-state index is 0.0437. The zero-order valence-corrected chi connectivity index (χ0v) is 16.2. The van der Waals surface area contributed by atoms with Crippen molar-refractivity contribution in [3.05, 3.63) is 49.6 Å². The van der Waals surface area contributed by atoms with Gasteiger partial charge in [-0.25, -0.2) is 9.59 Å². The van der Waals surface area contributed by atoms with Gasteiger partial charge in [0.05, 0.1) is 50.3 Å². The first-order valence-corrected chi connectivity index (χ1v) is 8.54. The van der Waals surface area contributed by atoms with Crippen molar-refractivity contribution in [2.24, 2.45) is 0 Å². The third-order valence-corrected chi connectivity index (χ3v) is 2.97. The lowest BCUT2D eigenvalue weighted by Gasteiger charge is -2.18. The lowest BCUT2D eigenvalue weighted by Crippen LogP contribution is -2.27. The van der Waals surface area contributed by atoms with Gasteiger partial charge in [0.2, 0.25) is 0 Å². The molecular formula is C20H30O7. The van der Waals surface area contributed by atoms with Gasteiger partial charge in [-0.2, -0.15) is 0 Å². The second kappa shape index (κ2) is 14.9. The third-order valence-electron chi connectivity index (χ3n) is 2.97. The van der Waals surface area contributed by atoms with Gasteiger partial charge in [0.25, 0.3) is 0 Å². The largest absolute Gasteiger partial charge is 0.460 e. The van der Waals surface area contributed by atoms with Gasteiger partial charge in [-0.3, -0.25) is 0 Å². The summed E-state index contributed by atoms with van der Waals surface area (Å²) in [5.74, 6) is -1.10. The molecule has 0 aromatic heterocycles. The second-order valence-electron chi connectivity index (χ2n) is 5.77. The van der Waals surface area contributed by atoms with E-state index >= 15 is 0 Å². The summed E-state index contributed by atoms with van der Waals surface area (Å²) < 4.78 is 26.0. The predicted octanol–water partition coefficient (Wildman–Crippen LogP) is 2.38. The molecule has 0 aliphatic heterocycles. The number of esters is 2. The quantitative estimate of drug-likeness (QED) is 0.175. The Morgan fingerprint density at radius 3 is 1.89 bits per heavy atom. The van der Waals surface area contributed by atoms with Crippen LogP contribution in [-0.2, 0) is 33.3 Å². The van der Waals surface area contributed by atoms with Crippen molar-refractivity contribution in [2.45, 2.75) is 26.1 Å². The number of hydrogen-bond acceptors (Lipinski definition) is 7. The van der Waals surface area contributed by atoms with Gasteiger partial charge in [0.15, 0.2) is 0 Å². The standard InChI is InChI=1S/C20H30O7/c1-7-9-23-11-15(3)19(21)26-13-17(5)25-14-18(6)27-20(22)16(4)12-24-10-8-2/h7-8,17-18H,1-4,9-14H2,5-6H3. The number of hydrogen-bond donors (Lipinski definition) is 0. The molecule has 0 fully saturated rings. The molecule has 0 rings (SSSR count). The average Bonchev–Trinajstić information content (AvgIpc) is 2.64. The van der Waals surface area contributed by atoms with Gasteiger partial charge in [0.1, 0.15) is 12.7 Å². The number of carbonyl (C=O) groups is 2. The molecule has 2 unspecified atom stereocenters. The molecule has 0 radical (unpaired) electrons. The van der Waals surface area contributed by atoms with Gasteiger partial charge in [-0.05, 0) is 13.8 Å². The summed E-state index contributed by atoms with van der Waals surface area (Å²) in [5, 5.41) is 0. The monoisotopic (exact) mass is 382 g/mol. The molecule has 0 aromatic rings. The fourth-order valence-corrected chi connectivity index (χ4v) is 1.59. The van der Waals surface area contributed by atoms with Crippen molar-refractivity contribution in [1.29, 1.82) is 0 Å². The lowest BCUT2D eigenvalue weighted by atomic mass is 10.3. The van der Waals surface area contributed by atoms with Crippen LogP contribution in [0.25, 0.3) is 0 Å². The molecule has 0 aliphatic carbocycles. The van der Waals surface area contributed by atoms with E-state index in [1.165, 1.54) is 0 Å². The Kier molecular flexibility index (Phi) is 13.7. The summed E-state index contributed by atoms with van der Waals surface area (Å²) in [6, 6.07) is 0. The van der Waals surface area contributed by atoms with Crippen molar-refractivity contribution in [2.75, 3.05) is 39.6 Å². The fraction of sp³-hybridized carbons (Fsp3) is 0.500. The molecule has 0 heterocycles. The van der Waals surface area contributed by atoms with E-state index in [0.717, 1.165) is 0 Å². The summed E-state index contributed by atoms with van der Waals surface area (Å²) in [5.41, 5.74) is 0.423. The molecule has 2 atom stereocenters. The van der Waals surface area contributed by atoms with Crippen LogP contribution in [0.1, 0.15) is 13.8 Å². The molecule has 152 valence electrons. The zero-order chi connectivity index (χ0) is 20.7. The summed E-state index contributed by atoms with van der Waals surface area (Å²) in [6.45, 7) is 18.7. The highest BCUT2D eigenvalue weighted by Crippen LogP contribution is 2.04. The lowest BCUT2D eigenvalue weighted by molar-refractivity contribution is -0.150. The molecule has 0 saturated heterocycles. The first kappa shape index (κ1) is 24.8. The van der Waals surface area contributed by atoms with Crippen molar-refractivity contribution < 1.29 is 33.3 Å². The summed E-state index contributed by atoms with van der Waals surface area (Å²) in [7, 11) is 0. The van der Waals surface area contributed by atoms with Crippen molar-refractivity contribution >= 4 is 11.9 Å². The minimum atomic E-state index is -0.551. The SMILES string of the molecule is C=CCOCC(=C)C(=O)OCC(C)OCC(C)OC(=O)C(=C)COCC=C. The van der Waals surface area contributed by atoms with E-state index in [2.05, 4.69) is 26.3 Å². The van der Waals surface area contributed by atoms with E-state index in [-0.39, 0.29) is 43.7 Å². The van der Waals surface area contributed by atoms with Crippen LogP contribution in [0.15, 0.2) is 49.6 Å². The van der Waals surface area contributed by atoms with Crippen LogP contribution in [0.2, 0.25) is 0 Å². The van der Waals surface area contributed by atoms with Gasteiger partial charge < -0.3 is 23.7 Å². The van der Waals surface area contributed by atoms with E-state index in [1.807, 2.05) is 0 Å². The Hall–Kier alpha value is -2.22. The Morgan fingerprint density at radius 2 is 1.37 bits per heavy atom. The van der Waals surface area contributed by atoms with Crippen molar-refractivity contribution in [1.82, 2.24) is 0 Å². The average molecular weight is 382 g/mol. The molecule has 0 saturated carbocycles. The Bertz CT molecular complexity index is 524. The van der Waals surface area contributed by atoms with Crippen LogP contribution in [0, 0.1) is 0 Å². The molecule has 0 bridgehead atoms. The second-order valence-corrected chi connectivity index (χ2v) is 5.77. The zero-order valence-electron chi connectivity index (χ0n) is 16.2. The highest BCUT2D eigenvalue weighted by atomic mass is 16.6. The first-order chi connectivity index (χ1) is 12.8. The fourth-order valence-electron chi connectivity index (χ4n) is 1.59. The summed E-state index contributed by atoms with van der Waals surface area (Å²) in [6.07, 6.45) is 2.28. The molecule has 27 heavy (non-hydrogen) atoms. The van der Waals surface area contributed by atoms with Crippen LogP contribution < -0.4 is 0 Å². The highest BCUT2D eigenvalue weighted by molar-refractivity contribution is 5.88. The molecule has 0 amide bonds. The van der Waals surface area contributed by atoms with E-state index < -0.39 is 18.0 Å². The first-order valence-electron chi connectivity index (χ1n) is 8.54. The molecular weight excluding hydrogens is 352 g/mol.